The van der Waals surface area contributed by atoms with Crippen LogP contribution in [0.2, 0.25) is 0 Å². The Bertz CT molecular complexity index is 377. The number of aliphatic hydroxyl groups excluding tert-OH is 1. The largest absolute Gasteiger partial charge is 0.387 e. The molecule has 0 bridgehead atoms. The predicted octanol–water partition coefficient (Wildman–Crippen LogP) is 3.29. The van der Waals surface area contributed by atoms with Crippen LogP contribution in [0.1, 0.15) is 49.8 Å². The minimum Gasteiger partial charge on any atom is -0.387 e. The molecule has 1 aliphatic rings. The third-order valence-corrected chi connectivity index (χ3v) is 4.15. The summed E-state index contributed by atoms with van der Waals surface area (Å²) in [4.78, 5) is 2.45. The Morgan fingerprint density at radius 3 is 2.83 bits per heavy atom. The highest BCUT2D eigenvalue weighted by atomic mass is 16.3. The fourth-order valence-corrected chi connectivity index (χ4v) is 2.89. The normalized spacial score (nSPS) is 23.6. The molecule has 1 heterocycles. The Balaban J connectivity index is 2.02. The van der Waals surface area contributed by atoms with E-state index in [0.29, 0.717) is 6.04 Å². The molecule has 0 saturated carbocycles. The molecule has 2 unspecified atom stereocenters. The van der Waals surface area contributed by atoms with Crippen molar-refractivity contribution in [2.45, 2.75) is 51.7 Å². The molecule has 0 radical (unpaired) electrons. The van der Waals surface area contributed by atoms with Gasteiger partial charge in [-0.25, -0.2) is 0 Å². The van der Waals surface area contributed by atoms with E-state index in [2.05, 4.69) is 24.8 Å². The number of hydrogen-bond donors (Lipinski definition) is 1. The van der Waals surface area contributed by atoms with Crippen LogP contribution in [0.3, 0.4) is 0 Å². The SMILES string of the molecule is Cc1ccccc1C(O)CN1CCCCCC1C. The lowest BCUT2D eigenvalue weighted by molar-refractivity contribution is 0.0925. The first-order valence-electron chi connectivity index (χ1n) is 7.16. The molecular formula is C16H25NO. The van der Waals surface area contributed by atoms with Gasteiger partial charge in [0.1, 0.15) is 0 Å². The van der Waals surface area contributed by atoms with Crippen LogP contribution in [0.5, 0.6) is 0 Å². The van der Waals surface area contributed by atoms with E-state index in [-0.39, 0.29) is 6.10 Å². The fraction of sp³-hybridized carbons (Fsp3) is 0.625. The molecule has 18 heavy (non-hydrogen) atoms. The van der Waals surface area contributed by atoms with Crippen LogP contribution in [0.4, 0.5) is 0 Å². The second-order valence-corrected chi connectivity index (χ2v) is 5.57. The summed E-state index contributed by atoms with van der Waals surface area (Å²) >= 11 is 0. The maximum atomic E-state index is 10.4. The zero-order valence-corrected chi connectivity index (χ0v) is 11.6. The van der Waals surface area contributed by atoms with E-state index in [0.717, 1.165) is 18.7 Å². The minimum absolute atomic E-state index is 0.355. The lowest BCUT2D eigenvalue weighted by Crippen LogP contribution is -2.36. The number of hydrogen-bond acceptors (Lipinski definition) is 2. The third kappa shape index (κ3) is 3.33. The highest BCUT2D eigenvalue weighted by Crippen LogP contribution is 2.22. The number of likely N-dealkylation sites (tertiary alicyclic amines) is 1. The maximum absolute atomic E-state index is 10.4. The van der Waals surface area contributed by atoms with Crippen molar-refractivity contribution in [3.63, 3.8) is 0 Å². The number of rotatable bonds is 3. The fourth-order valence-electron chi connectivity index (χ4n) is 2.89. The Kier molecular flexibility index (Phi) is 4.79. The van der Waals surface area contributed by atoms with Gasteiger partial charge in [-0.3, -0.25) is 4.90 Å². The molecule has 1 aliphatic heterocycles. The molecule has 1 aromatic carbocycles. The average molecular weight is 247 g/mol. The summed E-state index contributed by atoms with van der Waals surface area (Å²) in [6.07, 6.45) is 4.84. The van der Waals surface area contributed by atoms with E-state index in [1.54, 1.807) is 0 Å². The zero-order chi connectivity index (χ0) is 13.0. The van der Waals surface area contributed by atoms with E-state index in [9.17, 15) is 5.11 Å². The summed E-state index contributed by atoms with van der Waals surface area (Å²) in [7, 11) is 0. The van der Waals surface area contributed by atoms with E-state index >= 15 is 0 Å². The molecule has 100 valence electrons. The first kappa shape index (κ1) is 13.6. The molecule has 2 rings (SSSR count). The van der Waals surface area contributed by atoms with Crippen molar-refractivity contribution >= 4 is 0 Å². The van der Waals surface area contributed by atoms with Crippen LogP contribution in [0, 0.1) is 6.92 Å². The van der Waals surface area contributed by atoms with Crippen molar-refractivity contribution in [3.8, 4) is 0 Å². The Morgan fingerprint density at radius 2 is 2.06 bits per heavy atom. The van der Waals surface area contributed by atoms with Gasteiger partial charge in [-0.2, -0.15) is 0 Å². The lowest BCUT2D eigenvalue weighted by atomic mass is 10.0. The Labute approximate surface area is 111 Å². The molecule has 0 spiro atoms. The summed E-state index contributed by atoms with van der Waals surface area (Å²) in [5, 5.41) is 10.4. The number of aryl methyl sites for hydroxylation is 1. The number of benzene rings is 1. The zero-order valence-electron chi connectivity index (χ0n) is 11.6. The molecule has 2 heteroatoms. The topological polar surface area (TPSA) is 23.5 Å². The summed E-state index contributed by atoms with van der Waals surface area (Å²) in [5.41, 5.74) is 2.27. The molecular weight excluding hydrogens is 222 g/mol. The first-order valence-corrected chi connectivity index (χ1v) is 7.16. The van der Waals surface area contributed by atoms with Crippen molar-refractivity contribution < 1.29 is 5.11 Å². The Hall–Kier alpha value is -0.860. The van der Waals surface area contributed by atoms with Crippen LogP contribution in [-0.2, 0) is 0 Å². The molecule has 1 saturated heterocycles. The van der Waals surface area contributed by atoms with Gasteiger partial charge in [0.05, 0.1) is 6.10 Å². The van der Waals surface area contributed by atoms with E-state index < -0.39 is 0 Å². The summed E-state index contributed by atoms with van der Waals surface area (Å²) < 4.78 is 0. The van der Waals surface area contributed by atoms with Crippen LogP contribution >= 0.6 is 0 Å². The van der Waals surface area contributed by atoms with Crippen LogP contribution < -0.4 is 0 Å². The van der Waals surface area contributed by atoms with Crippen molar-refractivity contribution in [1.29, 1.82) is 0 Å². The molecule has 0 aliphatic carbocycles. The van der Waals surface area contributed by atoms with E-state index in [1.165, 1.54) is 31.2 Å². The number of nitrogens with zero attached hydrogens (tertiary/aromatic N) is 1. The number of β-amino-alcohol motifs (C(OH)–C–C–N with tert-alkyl or cyclic N) is 1. The average Bonchev–Trinajstić information content (AvgIpc) is 2.55. The standard InChI is InChI=1S/C16H25NO/c1-13-8-5-6-10-15(13)16(18)12-17-11-7-3-4-9-14(17)2/h5-6,8,10,14,16,18H,3-4,7,9,11-12H2,1-2H3. The smallest absolute Gasteiger partial charge is 0.0919 e. The van der Waals surface area contributed by atoms with Gasteiger partial charge in [0.2, 0.25) is 0 Å². The van der Waals surface area contributed by atoms with Gasteiger partial charge >= 0.3 is 0 Å². The van der Waals surface area contributed by atoms with Crippen molar-refractivity contribution in [2.75, 3.05) is 13.1 Å². The summed E-state index contributed by atoms with van der Waals surface area (Å²) in [6, 6.07) is 8.76. The van der Waals surface area contributed by atoms with E-state index in [1.807, 2.05) is 18.2 Å². The predicted molar refractivity (Wildman–Crippen MR) is 75.6 cm³/mol. The highest BCUT2D eigenvalue weighted by molar-refractivity contribution is 5.27. The third-order valence-electron chi connectivity index (χ3n) is 4.15. The second kappa shape index (κ2) is 6.35. The summed E-state index contributed by atoms with van der Waals surface area (Å²) in [5.74, 6) is 0. The molecule has 2 atom stereocenters. The molecule has 1 fully saturated rings. The monoisotopic (exact) mass is 247 g/mol. The molecule has 2 nitrogen and oxygen atoms in total. The Morgan fingerprint density at radius 1 is 1.28 bits per heavy atom. The first-order chi connectivity index (χ1) is 8.68. The second-order valence-electron chi connectivity index (χ2n) is 5.57. The van der Waals surface area contributed by atoms with Crippen LogP contribution in [0.15, 0.2) is 24.3 Å². The van der Waals surface area contributed by atoms with Crippen molar-refractivity contribution in [2.24, 2.45) is 0 Å². The van der Waals surface area contributed by atoms with Gasteiger partial charge in [0, 0.05) is 12.6 Å². The summed E-state index contributed by atoms with van der Waals surface area (Å²) in [6.45, 7) is 6.26. The number of aliphatic hydroxyl groups is 1. The van der Waals surface area contributed by atoms with Gasteiger partial charge in [-0.15, -0.1) is 0 Å². The lowest BCUT2D eigenvalue weighted by Gasteiger charge is -2.29. The van der Waals surface area contributed by atoms with Crippen molar-refractivity contribution in [1.82, 2.24) is 4.90 Å². The van der Waals surface area contributed by atoms with Crippen LogP contribution in [-0.4, -0.2) is 29.1 Å². The highest BCUT2D eigenvalue weighted by Gasteiger charge is 2.20. The van der Waals surface area contributed by atoms with Crippen molar-refractivity contribution in [3.05, 3.63) is 35.4 Å². The maximum Gasteiger partial charge on any atom is 0.0919 e. The quantitative estimate of drug-likeness (QED) is 0.886. The van der Waals surface area contributed by atoms with Gasteiger partial charge in [0.15, 0.2) is 0 Å². The minimum atomic E-state index is -0.355. The molecule has 1 N–H and O–H groups in total. The van der Waals surface area contributed by atoms with Gasteiger partial charge in [-0.05, 0) is 44.4 Å². The van der Waals surface area contributed by atoms with Gasteiger partial charge in [-0.1, -0.05) is 37.1 Å². The molecule has 1 aromatic rings. The molecule has 0 aromatic heterocycles. The van der Waals surface area contributed by atoms with Gasteiger partial charge in [0.25, 0.3) is 0 Å². The molecule has 0 amide bonds. The van der Waals surface area contributed by atoms with Crippen LogP contribution in [0.25, 0.3) is 0 Å². The van der Waals surface area contributed by atoms with Gasteiger partial charge < -0.3 is 5.11 Å². The van der Waals surface area contributed by atoms with E-state index in [4.69, 9.17) is 0 Å².